The molecule has 0 heterocycles. The first-order valence-electron chi connectivity index (χ1n) is 7.29. The first kappa shape index (κ1) is 17.7. The van der Waals surface area contributed by atoms with Crippen molar-refractivity contribution >= 4 is 34.6 Å². The second kappa shape index (κ2) is 6.88. The van der Waals surface area contributed by atoms with Crippen molar-refractivity contribution in [3.05, 3.63) is 63.2 Å². The number of hydrogen-bond donors (Lipinski definition) is 2. The fourth-order valence-corrected chi connectivity index (χ4v) is 2.22. The smallest absolute Gasteiger partial charge is 0.269 e. The van der Waals surface area contributed by atoms with Crippen molar-refractivity contribution in [2.24, 2.45) is 0 Å². The van der Waals surface area contributed by atoms with Gasteiger partial charge in [0.25, 0.3) is 11.6 Å². The van der Waals surface area contributed by atoms with Gasteiger partial charge in [0.1, 0.15) is 0 Å². The number of hydrogen-bond acceptors (Lipinski definition) is 4. The third-order valence-electron chi connectivity index (χ3n) is 3.07. The minimum atomic E-state index is -0.467. The molecule has 0 atom stereocenters. The van der Waals surface area contributed by atoms with Crippen molar-refractivity contribution < 1.29 is 9.72 Å². The van der Waals surface area contributed by atoms with Crippen LogP contribution in [-0.4, -0.2) is 16.4 Å². The molecule has 0 aliphatic carbocycles. The molecule has 2 aromatic carbocycles. The predicted octanol–water partition coefficient (Wildman–Crippen LogP) is 4.52. The lowest BCUT2D eigenvalue weighted by Gasteiger charge is -2.22. The number of carbonyl (C=O) groups is 1. The van der Waals surface area contributed by atoms with Crippen LogP contribution in [0.2, 0.25) is 5.02 Å². The Labute approximate surface area is 145 Å². The van der Waals surface area contributed by atoms with Crippen molar-refractivity contribution in [2.75, 3.05) is 5.32 Å². The number of halogens is 1. The molecule has 2 N–H and O–H groups in total. The first-order chi connectivity index (χ1) is 11.2. The number of non-ortho nitro benzene ring substituents is 1. The van der Waals surface area contributed by atoms with Crippen LogP contribution in [0.4, 0.5) is 17.1 Å². The van der Waals surface area contributed by atoms with Gasteiger partial charge in [-0.25, -0.2) is 0 Å². The third-order valence-corrected chi connectivity index (χ3v) is 3.31. The molecular weight excluding hydrogens is 330 g/mol. The van der Waals surface area contributed by atoms with Crippen molar-refractivity contribution in [3.8, 4) is 0 Å². The van der Waals surface area contributed by atoms with Crippen LogP contribution in [0.15, 0.2) is 42.5 Å². The van der Waals surface area contributed by atoms with Crippen LogP contribution in [0.3, 0.4) is 0 Å². The van der Waals surface area contributed by atoms with E-state index in [2.05, 4.69) is 10.6 Å². The summed E-state index contributed by atoms with van der Waals surface area (Å²) < 4.78 is 0. The Kier molecular flexibility index (Phi) is 5.09. The summed E-state index contributed by atoms with van der Waals surface area (Å²) >= 11 is 6.03. The average molecular weight is 348 g/mol. The summed E-state index contributed by atoms with van der Waals surface area (Å²) in [6.45, 7) is 5.68. The van der Waals surface area contributed by atoms with Gasteiger partial charge in [-0.05, 0) is 51.1 Å². The zero-order valence-corrected chi connectivity index (χ0v) is 14.3. The maximum absolute atomic E-state index is 12.4. The average Bonchev–Trinajstić information content (AvgIpc) is 2.46. The molecule has 2 rings (SSSR count). The predicted molar refractivity (Wildman–Crippen MR) is 95.1 cm³/mol. The van der Waals surface area contributed by atoms with E-state index in [4.69, 9.17) is 11.6 Å². The minimum Gasteiger partial charge on any atom is -0.355 e. The van der Waals surface area contributed by atoms with Gasteiger partial charge >= 0.3 is 0 Å². The first-order valence-corrected chi connectivity index (χ1v) is 7.67. The highest BCUT2D eigenvalue weighted by molar-refractivity contribution is 6.31. The Morgan fingerprint density at radius 1 is 1.12 bits per heavy atom. The molecule has 2 aromatic rings. The lowest BCUT2D eigenvalue weighted by molar-refractivity contribution is -0.384. The Morgan fingerprint density at radius 3 is 2.29 bits per heavy atom. The highest BCUT2D eigenvalue weighted by Gasteiger charge is 2.18. The van der Waals surface area contributed by atoms with E-state index in [-0.39, 0.29) is 17.1 Å². The van der Waals surface area contributed by atoms with Gasteiger partial charge in [-0.2, -0.15) is 0 Å². The summed E-state index contributed by atoms with van der Waals surface area (Å²) in [7, 11) is 0. The van der Waals surface area contributed by atoms with Gasteiger partial charge in [0.15, 0.2) is 0 Å². The number of benzene rings is 2. The quantitative estimate of drug-likeness (QED) is 0.629. The van der Waals surface area contributed by atoms with Gasteiger partial charge in [0.2, 0.25) is 0 Å². The normalized spacial score (nSPS) is 11.0. The molecule has 0 aliphatic heterocycles. The van der Waals surface area contributed by atoms with Gasteiger partial charge < -0.3 is 10.6 Å². The fourth-order valence-electron chi connectivity index (χ4n) is 2.05. The number of nitrogens with one attached hydrogen (secondary N) is 2. The number of nitro groups is 1. The van der Waals surface area contributed by atoms with Gasteiger partial charge in [0.05, 0.1) is 16.2 Å². The molecule has 0 bridgehead atoms. The summed E-state index contributed by atoms with van der Waals surface area (Å²) in [5.74, 6) is -0.233. The van der Waals surface area contributed by atoms with Crippen molar-refractivity contribution in [3.63, 3.8) is 0 Å². The van der Waals surface area contributed by atoms with E-state index in [1.807, 2.05) is 20.8 Å². The zero-order chi connectivity index (χ0) is 17.9. The number of nitrogens with zero attached hydrogens (tertiary/aromatic N) is 1. The van der Waals surface area contributed by atoms with E-state index < -0.39 is 4.92 Å². The molecular formula is C17H18ClN3O3. The maximum Gasteiger partial charge on any atom is 0.269 e. The summed E-state index contributed by atoms with van der Waals surface area (Å²) in [5.41, 5.74) is 1.21. The number of anilines is 2. The van der Waals surface area contributed by atoms with Crippen LogP contribution >= 0.6 is 11.6 Å². The zero-order valence-electron chi connectivity index (χ0n) is 13.6. The second-order valence-electron chi connectivity index (χ2n) is 6.32. The molecule has 0 aromatic heterocycles. The van der Waals surface area contributed by atoms with Crippen molar-refractivity contribution in [2.45, 2.75) is 26.3 Å². The van der Waals surface area contributed by atoms with E-state index >= 15 is 0 Å². The molecule has 6 nitrogen and oxygen atoms in total. The molecule has 7 heteroatoms. The highest BCUT2D eigenvalue weighted by Crippen LogP contribution is 2.26. The van der Waals surface area contributed by atoms with Gasteiger partial charge in [-0.15, -0.1) is 0 Å². The lowest BCUT2D eigenvalue weighted by Crippen LogP contribution is -2.40. The summed E-state index contributed by atoms with van der Waals surface area (Å²) in [6, 6.07) is 10.8. The largest absolute Gasteiger partial charge is 0.355 e. The van der Waals surface area contributed by atoms with E-state index in [0.29, 0.717) is 22.0 Å². The van der Waals surface area contributed by atoms with E-state index in [1.54, 1.807) is 30.3 Å². The van der Waals surface area contributed by atoms with Crippen LogP contribution in [0.5, 0.6) is 0 Å². The van der Waals surface area contributed by atoms with E-state index in [0.717, 1.165) is 0 Å². The molecule has 0 aliphatic rings. The summed E-state index contributed by atoms with van der Waals surface area (Å²) in [4.78, 5) is 22.7. The number of rotatable bonds is 4. The highest BCUT2D eigenvalue weighted by atomic mass is 35.5. The molecule has 0 unspecified atom stereocenters. The molecule has 126 valence electrons. The molecule has 0 saturated carbocycles. The second-order valence-corrected chi connectivity index (χ2v) is 6.76. The van der Waals surface area contributed by atoms with Crippen LogP contribution in [0.1, 0.15) is 31.1 Å². The Morgan fingerprint density at radius 2 is 1.75 bits per heavy atom. The summed E-state index contributed by atoms with van der Waals surface area (Å²) in [6.07, 6.45) is 0. The lowest BCUT2D eigenvalue weighted by atomic mass is 10.1. The van der Waals surface area contributed by atoms with Crippen molar-refractivity contribution in [1.29, 1.82) is 0 Å². The van der Waals surface area contributed by atoms with E-state index in [9.17, 15) is 14.9 Å². The standard InChI is InChI=1S/C17H18ClN3O3/c1-17(2,3)20-16(22)14-9-4-11(18)10-15(14)19-12-5-7-13(8-6-12)21(23)24/h4-10,19H,1-3H3,(H,20,22). The monoisotopic (exact) mass is 347 g/mol. The van der Waals surface area contributed by atoms with Gasteiger partial charge in [-0.1, -0.05) is 11.6 Å². The number of amides is 1. The minimum absolute atomic E-state index is 0.00246. The summed E-state index contributed by atoms with van der Waals surface area (Å²) in [5, 5.41) is 17.2. The number of carbonyl (C=O) groups excluding carboxylic acids is 1. The maximum atomic E-state index is 12.4. The molecule has 0 saturated heterocycles. The van der Waals surface area contributed by atoms with Crippen LogP contribution in [-0.2, 0) is 0 Å². The van der Waals surface area contributed by atoms with Gasteiger partial charge in [0, 0.05) is 28.4 Å². The van der Waals surface area contributed by atoms with Gasteiger partial charge in [-0.3, -0.25) is 14.9 Å². The van der Waals surface area contributed by atoms with Crippen LogP contribution < -0.4 is 10.6 Å². The molecule has 0 fully saturated rings. The Bertz CT molecular complexity index is 768. The molecule has 1 amide bonds. The molecule has 24 heavy (non-hydrogen) atoms. The fraction of sp³-hybridized carbons (Fsp3) is 0.235. The topological polar surface area (TPSA) is 84.3 Å². The Hall–Kier alpha value is -2.60. The number of nitro benzene ring substituents is 1. The van der Waals surface area contributed by atoms with Crippen LogP contribution in [0, 0.1) is 10.1 Å². The third kappa shape index (κ3) is 4.70. The molecule has 0 radical (unpaired) electrons. The SMILES string of the molecule is CC(C)(C)NC(=O)c1ccc(Cl)cc1Nc1ccc([N+](=O)[O-])cc1. The van der Waals surface area contributed by atoms with E-state index in [1.165, 1.54) is 12.1 Å². The Balaban J connectivity index is 2.30. The molecule has 0 spiro atoms. The van der Waals surface area contributed by atoms with Crippen LogP contribution in [0.25, 0.3) is 0 Å². The van der Waals surface area contributed by atoms with Crippen molar-refractivity contribution in [1.82, 2.24) is 5.32 Å².